The van der Waals surface area contributed by atoms with Crippen molar-refractivity contribution in [3.63, 3.8) is 0 Å². The lowest BCUT2D eigenvalue weighted by atomic mass is 9.92. The lowest BCUT2D eigenvalue weighted by molar-refractivity contribution is -0.195. The van der Waals surface area contributed by atoms with E-state index in [9.17, 15) is 9.90 Å². The van der Waals surface area contributed by atoms with E-state index in [4.69, 9.17) is 14.2 Å². The first kappa shape index (κ1) is 15.6. The minimum Gasteiger partial charge on any atom is -0.461 e. The number of aliphatic hydroxyl groups is 1. The second-order valence-corrected chi connectivity index (χ2v) is 4.56. The minimum absolute atomic E-state index is 0.00355. The first-order valence-corrected chi connectivity index (χ1v) is 5.96. The van der Waals surface area contributed by atoms with E-state index < -0.39 is 17.7 Å². The van der Waals surface area contributed by atoms with Gasteiger partial charge in [-0.05, 0) is 19.1 Å². The van der Waals surface area contributed by atoms with Gasteiger partial charge in [0.1, 0.15) is 6.61 Å². The topological polar surface area (TPSA) is 65.0 Å². The van der Waals surface area contributed by atoms with Crippen molar-refractivity contribution >= 4 is 5.97 Å². The molecule has 1 unspecified atom stereocenters. The van der Waals surface area contributed by atoms with Gasteiger partial charge in [0.25, 0.3) is 0 Å². The highest BCUT2D eigenvalue weighted by Gasteiger charge is 2.36. The van der Waals surface area contributed by atoms with Crippen molar-refractivity contribution in [1.29, 1.82) is 0 Å². The first-order valence-electron chi connectivity index (χ1n) is 5.96. The van der Waals surface area contributed by atoms with Gasteiger partial charge in [-0.3, -0.25) is 0 Å². The largest absolute Gasteiger partial charge is 0.461 e. The van der Waals surface area contributed by atoms with Gasteiger partial charge in [0.05, 0.1) is 17.6 Å². The summed E-state index contributed by atoms with van der Waals surface area (Å²) in [5, 5.41) is 9.45. The van der Waals surface area contributed by atoms with Gasteiger partial charge in [-0.1, -0.05) is 18.2 Å². The summed E-state index contributed by atoms with van der Waals surface area (Å²) >= 11 is 0. The van der Waals surface area contributed by atoms with Crippen LogP contribution in [0.1, 0.15) is 17.3 Å². The molecule has 1 N–H and O–H groups in total. The molecule has 0 radical (unpaired) electrons. The van der Waals surface area contributed by atoms with Gasteiger partial charge in [-0.2, -0.15) is 0 Å². The van der Waals surface area contributed by atoms with E-state index >= 15 is 0 Å². The van der Waals surface area contributed by atoms with Crippen molar-refractivity contribution in [1.82, 2.24) is 0 Å². The van der Waals surface area contributed by atoms with Crippen molar-refractivity contribution in [3.05, 3.63) is 35.9 Å². The summed E-state index contributed by atoms with van der Waals surface area (Å²) in [4.78, 5) is 11.8. The molecule has 106 valence electrons. The van der Waals surface area contributed by atoms with Crippen LogP contribution in [0.25, 0.3) is 0 Å². The highest BCUT2D eigenvalue weighted by Crippen LogP contribution is 2.24. The molecule has 19 heavy (non-hydrogen) atoms. The summed E-state index contributed by atoms with van der Waals surface area (Å²) in [6.45, 7) is 1.51. The Morgan fingerprint density at radius 2 is 1.84 bits per heavy atom. The molecule has 0 aliphatic heterocycles. The Bertz CT molecular complexity index is 388. The molecular formula is C14H20O5. The molecule has 0 fully saturated rings. The Balaban J connectivity index is 2.65. The average Bonchev–Trinajstić information content (AvgIpc) is 2.47. The number of rotatable bonds is 7. The van der Waals surface area contributed by atoms with Gasteiger partial charge >= 0.3 is 5.97 Å². The number of hydrogen-bond donors (Lipinski definition) is 1. The smallest absolute Gasteiger partial charge is 0.338 e. The van der Waals surface area contributed by atoms with Crippen molar-refractivity contribution < 1.29 is 24.1 Å². The zero-order valence-corrected chi connectivity index (χ0v) is 11.5. The van der Waals surface area contributed by atoms with Crippen LogP contribution in [-0.4, -0.2) is 44.8 Å². The summed E-state index contributed by atoms with van der Waals surface area (Å²) in [5.74, 6) is -0.439. The molecule has 0 aliphatic carbocycles. The van der Waals surface area contributed by atoms with Gasteiger partial charge in [0.15, 0.2) is 6.29 Å². The molecule has 1 aromatic carbocycles. The molecule has 0 heterocycles. The minimum atomic E-state index is -0.812. The molecular weight excluding hydrogens is 248 g/mol. The molecule has 0 aromatic heterocycles. The number of benzene rings is 1. The van der Waals surface area contributed by atoms with Crippen LogP contribution >= 0.6 is 0 Å². The molecule has 0 aliphatic rings. The van der Waals surface area contributed by atoms with E-state index in [1.807, 2.05) is 6.07 Å². The summed E-state index contributed by atoms with van der Waals surface area (Å²) < 4.78 is 15.4. The lowest BCUT2D eigenvalue weighted by Gasteiger charge is -2.33. The van der Waals surface area contributed by atoms with Gasteiger partial charge in [0, 0.05) is 14.2 Å². The normalized spacial score (nSPS) is 14.2. The Morgan fingerprint density at radius 1 is 1.26 bits per heavy atom. The molecule has 5 nitrogen and oxygen atoms in total. The molecule has 1 rings (SSSR count). The molecule has 0 spiro atoms. The zero-order valence-electron chi connectivity index (χ0n) is 11.5. The molecule has 1 aromatic rings. The molecule has 0 saturated heterocycles. The predicted octanol–water partition coefficient (Wildman–Crippen LogP) is 1.46. The zero-order chi connectivity index (χ0) is 14.3. The van der Waals surface area contributed by atoms with Crippen molar-refractivity contribution in [2.24, 2.45) is 5.41 Å². The highest BCUT2D eigenvalue weighted by molar-refractivity contribution is 5.89. The van der Waals surface area contributed by atoms with Crippen LogP contribution in [0.2, 0.25) is 0 Å². The van der Waals surface area contributed by atoms with Crippen molar-refractivity contribution in [2.45, 2.75) is 13.2 Å². The summed E-state index contributed by atoms with van der Waals surface area (Å²) in [5.41, 5.74) is -0.345. The lowest BCUT2D eigenvalue weighted by Crippen LogP contribution is -2.43. The SMILES string of the molecule is COC(OC)C(C)(CO)COC(=O)c1ccccc1. The molecule has 0 bridgehead atoms. The number of carbonyl (C=O) groups excluding carboxylic acids is 1. The van der Waals surface area contributed by atoms with Crippen LogP contribution in [-0.2, 0) is 14.2 Å². The van der Waals surface area contributed by atoms with E-state index in [1.165, 1.54) is 14.2 Å². The standard InChI is InChI=1S/C14H20O5/c1-14(9-15,13(17-2)18-3)10-19-12(16)11-7-5-4-6-8-11/h4-8,13,15H,9-10H2,1-3H3. The number of carbonyl (C=O) groups is 1. The van der Waals surface area contributed by atoms with Gasteiger partial charge in [-0.25, -0.2) is 4.79 Å². The van der Waals surface area contributed by atoms with E-state index in [0.717, 1.165) is 0 Å². The maximum Gasteiger partial charge on any atom is 0.338 e. The monoisotopic (exact) mass is 268 g/mol. The Morgan fingerprint density at radius 3 is 2.32 bits per heavy atom. The molecule has 1 atom stereocenters. The van der Waals surface area contributed by atoms with E-state index in [0.29, 0.717) is 5.56 Å². The number of methoxy groups -OCH3 is 2. The fraction of sp³-hybridized carbons (Fsp3) is 0.500. The van der Waals surface area contributed by atoms with Crippen molar-refractivity contribution in [2.75, 3.05) is 27.4 Å². The molecule has 0 amide bonds. The Hall–Kier alpha value is -1.43. The van der Waals surface area contributed by atoms with Crippen LogP contribution in [0.4, 0.5) is 0 Å². The Labute approximate surface area is 113 Å². The average molecular weight is 268 g/mol. The molecule has 5 heteroatoms. The maximum absolute atomic E-state index is 11.8. The van der Waals surface area contributed by atoms with Gasteiger partial charge in [-0.15, -0.1) is 0 Å². The third-order valence-corrected chi connectivity index (χ3v) is 2.90. The summed E-state index contributed by atoms with van der Waals surface area (Å²) in [7, 11) is 2.95. The third-order valence-electron chi connectivity index (χ3n) is 2.90. The molecule has 0 saturated carbocycles. The van der Waals surface area contributed by atoms with Gasteiger partial charge < -0.3 is 19.3 Å². The predicted molar refractivity (Wildman–Crippen MR) is 69.7 cm³/mol. The Kier molecular flexibility index (Phi) is 5.95. The highest BCUT2D eigenvalue weighted by atomic mass is 16.7. The summed E-state index contributed by atoms with van der Waals surface area (Å²) in [6, 6.07) is 8.68. The third kappa shape index (κ3) is 4.02. The van der Waals surface area contributed by atoms with Crippen LogP contribution < -0.4 is 0 Å². The van der Waals surface area contributed by atoms with Crippen LogP contribution in [0.5, 0.6) is 0 Å². The number of ether oxygens (including phenoxy) is 3. The van der Waals surface area contributed by atoms with E-state index in [-0.39, 0.29) is 13.2 Å². The van der Waals surface area contributed by atoms with Crippen LogP contribution in [0.15, 0.2) is 30.3 Å². The van der Waals surface area contributed by atoms with Crippen LogP contribution in [0, 0.1) is 5.41 Å². The number of esters is 1. The first-order chi connectivity index (χ1) is 9.07. The van der Waals surface area contributed by atoms with E-state index in [1.54, 1.807) is 31.2 Å². The maximum atomic E-state index is 11.8. The van der Waals surface area contributed by atoms with Gasteiger partial charge in [0.2, 0.25) is 0 Å². The van der Waals surface area contributed by atoms with Crippen molar-refractivity contribution in [3.8, 4) is 0 Å². The van der Waals surface area contributed by atoms with Crippen LogP contribution in [0.3, 0.4) is 0 Å². The fourth-order valence-electron chi connectivity index (χ4n) is 1.74. The second kappa shape index (κ2) is 7.23. The number of hydrogen-bond acceptors (Lipinski definition) is 5. The number of aliphatic hydroxyl groups excluding tert-OH is 1. The fourth-order valence-corrected chi connectivity index (χ4v) is 1.74. The van der Waals surface area contributed by atoms with E-state index in [2.05, 4.69) is 0 Å². The summed E-state index contributed by atoms with van der Waals surface area (Å²) in [6.07, 6.45) is -0.652. The quantitative estimate of drug-likeness (QED) is 0.599. The second-order valence-electron chi connectivity index (χ2n) is 4.56.